The summed E-state index contributed by atoms with van der Waals surface area (Å²) in [7, 11) is 0. The first-order valence-corrected chi connectivity index (χ1v) is 8.28. The van der Waals surface area contributed by atoms with Crippen molar-refractivity contribution < 1.29 is 4.79 Å². The van der Waals surface area contributed by atoms with Gasteiger partial charge in [-0.1, -0.05) is 6.07 Å². The van der Waals surface area contributed by atoms with Crippen molar-refractivity contribution in [3.05, 3.63) is 22.4 Å². The van der Waals surface area contributed by atoms with Gasteiger partial charge in [-0.15, -0.1) is 11.3 Å². The fraction of sp³-hybridized carbons (Fsp3) is 0.667. The van der Waals surface area contributed by atoms with Gasteiger partial charge in [0.05, 0.1) is 5.54 Å². The number of amides is 1. The van der Waals surface area contributed by atoms with Gasteiger partial charge in [0.25, 0.3) is 0 Å². The summed E-state index contributed by atoms with van der Waals surface area (Å²) in [6.07, 6.45) is 2.22. The molecule has 1 unspecified atom stereocenters. The van der Waals surface area contributed by atoms with Gasteiger partial charge in [-0.2, -0.15) is 0 Å². The minimum atomic E-state index is -0.643. The zero-order valence-corrected chi connectivity index (χ0v) is 12.9. The van der Waals surface area contributed by atoms with E-state index < -0.39 is 5.54 Å². The Labute approximate surface area is 124 Å². The van der Waals surface area contributed by atoms with E-state index in [1.54, 1.807) is 11.3 Å². The van der Waals surface area contributed by atoms with Gasteiger partial charge in [0, 0.05) is 37.6 Å². The normalized spacial score (nSPS) is 23.6. The molecule has 1 atom stereocenters. The first-order chi connectivity index (χ1) is 9.57. The molecule has 2 fully saturated rings. The van der Waals surface area contributed by atoms with Crippen LogP contribution in [-0.2, 0) is 11.3 Å². The minimum Gasteiger partial charge on any atom is -0.339 e. The highest BCUT2D eigenvalue weighted by Crippen LogP contribution is 2.39. The molecule has 1 amide bonds. The second kappa shape index (κ2) is 5.47. The predicted molar refractivity (Wildman–Crippen MR) is 81.5 cm³/mol. The summed E-state index contributed by atoms with van der Waals surface area (Å²) in [6.45, 7) is 6.43. The molecule has 5 heteroatoms. The zero-order chi connectivity index (χ0) is 14.2. The lowest BCUT2D eigenvalue weighted by molar-refractivity contribution is -0.139. The van der Waals surface area contributed by atoms with E-state index in [2.05, 4.69) is 22.4 Å². The monoisotopic (exact) mass is 293 g/mol. The third-order valence-corrected chi connectivity index (χ3v) is 5.37. The third kappa shape index (κ3) is 2.90. The molecule has 1 aliphatic heterocycles. The van der Waals surface area contributed by atoms with E-state index in [0.717, 1.165) is 45.6 Å². The topological polar surface area (TPSA) is 49.6 Å². The van der Waals surface area contributed by atoms with E-state index in [4.69, 9.17) is 5.73 Å². The number of hydrogen-bond acceptors (Lipinski definition) is 4. The summed E-state index contributed by atoms with van der Waals surface area (Å²) >= 11 is 1.80. The number of carbonyl (C=O) groups excluding carboxylic acids is 1. The van der Waals surface area contributed by atoms with Crippen LogP contribution in [0.15, 0.2) is 17.5 Å². The fourth-order valence-electron chi connectivity index (χ4n) is 2.93. The van der Waals surface area contributed by atoms with Crippen molar-refractivity contribution in [1.82, 2.24) is 9.80 Å². The SMILES string of the molecule is CC(N)(C(=O)N1CCN(Cc2cccs2)CC1)C1CC1. The van der Waals surface area contributed by atoms with Crippen molar-refractivity contribution >= 4 is 17.2 Å². The first-order valence-electron chi connectivity index (χ1n) is 7.40. The summed E-state index contributed by atoms with van der Waals surface area (Å²) in [5, 5.41) is 2.12. The lowest BCUT2D eigenvalue weighted by Crippen LogP contribution is -2.59. The van der Waals surface area contributed by atoms with Crippen LogP contribution in [0.4, 0.5) is 0 Å². The second-order valence-corrected chi connectivity index (χ2v) is 7.24. The van der Waals surface area contributed by atoms with Crippen molar-refractivity contribution in [3.8, 4) is 0 Å². The molecule has 0 bridgehead atoms. The van der Waals surface area contributed by atoms with Crippen LogP contribution in [0, 0.1) is 5.92 Å². The maximum absolute atomic E-state index is 12.5. The Hall–Kier alpha value is -0.910. The summed E-state index contributed by atoms with van der Waals surface area (Å²) < 4.78 is 0. The number of nitrogens with zero attached hydrogens (tertiary/aromatic N) is 2. The van der Waals surface area contributed by atoms with E-state index in [0.29, 0.717) is 5.92 Å². The number of rotatable bonds is 4. The molecular weight excluding hydrogens is 270 g/mol. The summed E-state index contributed by atoms with van der Waals surface area (Å²) in [5.74, 6) is 0.551. The average molecular weight is 293 g/mol. The standard InChI is InChI=1S/C15H23N3OS/c1-15(16,12-4-5-12)14(19)18-8-6-17(7-9-18)11-13-3-2-10-20-13/h2-3,10,12H,4-9,11,16H2,1H3. The molecule has 20 heavy (non-hydrogen) atoms. The summed E-state index contributed by atoms with van der Waals surface area (Å²) in [4.78, 5) is 18.3. The van der Waals surface area contributed by atoms with Crippen molar-refractivity contribution in [2.24, 2.45) is 11.7 Å². The zero-order valence-electron chi connectivity index (χ0n) is 12.0. The Morgan fingerprint density at radius 1 is 1.40 bits per heavy atom. The van der Waals surface area contributed by atoms with E-state index in [9.17, 15) is 4.79 Å². The minimum absolute atomic E-state index is 0.149. The molecule has 0 aromatic carbocycles. The van der Waals surface area contributed by atoms with Crippen molar-refractivity contribution in [2.45, 2.75) is 31.8 Å². The van der Waals surface area contributed by atoms with Gasteiger partial charge in [0.1, 0.15) is 0 Å². The molecule has 2 N–H and O–H groups in total. The largest absolute Gasteiger partial charge is 0.339 e. The van der Waals surface area contributed by atoms with E-state index in [1.807, 2.05) is 11.8 Å². The van der Waals surface area contributed by atoms with E-state index >= 15 is 0 Å². The van der Waals surface area contributed by atoms with Crippen LogP contribution in [0.5, 0.6) is 0 Å². The quantitative estimate of drug-likeness (QED) is 0.915. The highest BCUT2D eigenvalue weighted by Gasteiger charge is 2.46. The van der Waals surface area contributed by atoms with Crippen LogP contribution in [0.25, 0.3) is 0 Å². The van der Waals surface area contributed by atoms with Crippen LogP contribution in [0.1, 0.15) is 24.6 Å². The molecule has 110 valence electrons. The number of nitrogens with two attached hydrogens (primary N) is 1. The Morgan fingerprint density at radius 3 is 2.65 bits per heavy atom. The molecule has 2 heterocycles. The highest BCUT2D eigenvalue weighted by atomic mass is 32.1. The maximum Gasteiger partial charge on any atom is 0.242 e. The Kier molecular flexibility index (Phi) is 3.84. The highest BCUT2D eigenvalue weighted by molar-refractivity contribution is 7.09. The van der Waals surface area contributed by atoms with Gasteiger partial charge in [-0.05, 0) is 37.1 Å². The van der Waals surface area contributed by atoms with Gasteiger partial charge in [0.2, 0.25) is 5.91 Å². The van der Waals surface area contributed by atoms with Crippen LogP contribution < -0.4 is 5.73 Å². The lowest BCUT2D eigenvalue weighted by atomic mass is 9.95. The predicted octanol–water partition coefficient (Wildman–Crippen LogP) is 1.52. The number of thiophene rings is 1. The van der Waals surface area contributed by atoms with E-state index in [-0.39, 0.29) is 5.91 Å². The van der Waals surface area contributed by atoms with Gasteiger partial charge < -0.3 is 10.6 Å². The van der Waals surface area contributed by atoms with Crippen molar-refractivity contribution in [2.75, 3.05) is 26.2 Å². The smallest absolute Gasteiger partial charge is 0.242 e. The van der Waals surface area contributed by atoms with Crippen LogP contribution in [-0.4, -0.2) is 47.4 Å². The third-order valence-electron chi connectivity index (χ3n) is 4.51. The Morgan fingerprint density at radius 2 is 2.10 bits per heavy atom. The molecule has 1 aliphatic carbocycles. The molecule has 0 spiro atoms. The molecule has 2 aliphatic rings. The molecule has 1 aromatic heterocycles. The van der Waals surface area contributed by atoms with Crippen LogP contribution in [0.2, 0.25) is 0 Å². The molecule has 3 rings (SSSR count). The van der Waals surface area contributed by atoms with E-state index in [1.165, 1.54) is 4.88 Å². The Balaban J connectivity index is 1.52. The van der Waals surface area contributed by atoms with Gasteiger partial charge in [-0.25, -0.2) is 0 Å². The van der Waals surface area contributed by atoms with Crippen molar-refractivity contribution in [3.63, 3.8) is 0 Å². The number of carbonyl (C=O) groups is 1. The van der Waals surface area contributed by atoms with Crippen LogP contribution in [0.3, 0.4) is 0 Å². The van der Waals surface area contributed by atoms with Gasteiger partial charge >= 0.3 is 0 Å². The fourth-order valence-corrected chi connectivity index (χ4v) is 3.68. The number of piperazine rings is 1. The summed E-state index contributed by atoms with van der Waals surface area (Å²) in [5.41, 5.74) is 5.59. The number of hydrogen-bond donors (Lipinski definition) is 1. The summed E-state index contributed by atoms with van der Waals surface area (Å²) in [6, 6.07) is 4.27. The second-order valence-electron chi connectivity index (χ2n) is 6.20. The average Bonchev–Trinajstić information content (AvgIpc) is 3.19. The molecule has 1 aromatic rings. The van der Waals surface area contributed by atoms with Crippen molar-refractivity contribution in [1.29, 1.82) is 0 Å². The molecular formula is C15H23N3OS. The Bertz CT molecular complexity index is 459. The van der Waals surface area contributed by atoms with Gasteiger partial charge in [0.15, 0.2) is 0 Å². The van der Waals surface area contributed by atoms with Crippen LogP contribution >= 0.6 is 11.3 Å². The molecule has 4 nitrogen and oxygen atoms in total. The molecule has 0 radical (unpaired) electrons. The lowest BCUT2D eigenvalue weighted by Gasteiger charge is -2.38. The molecule has 1 saturated heterocycles. The van der Waals surface area contributed by atoms with Gasteiger partial charge in [-0.3, -0.25) is 9.69 Å². The molecule has 1 saturated carbocycles. The first kappa shape index (κ1) is 14.0. The maximum atomic E-state index is 12.5.